The van der Waals surface area contributed by atoms with Crippen LogP contribution in [-0.2, 0) is 14.3 Å². The molecule has 1 atom stereocenters. The number of halogens is 1. The van der Waals surface area contributed by atoms with Crippen molar-refractivity contribution < 1.29 is 19.1 Å². The van der Waals surface area contributed by atoms with Crippen LogP contribution in [0.4, 0.5) is 0 Å². The van der Waals surface area contributed by atoms with Crippen LogP contribution < -0.4 is 4.74 Å². The third-order valence-corrected chi connectivity index (χ3v) is 4.52. The molecule has 5 nitrogen and oxygen atoms in total. The Hall–Kier alpha value is -1.75. The second kappa shape index (κ2) is 9.66. The van der Waals surface area contributed by atoms with Gasteiger partial charge in [0.25, 0.3) is 5.91 Å². The number of benzene rings is 1. The Bertz CT molecular complexity index is 605. The number of ether oxygens (including phenoxy) is 2. The minimum atomic E-state index is -0.366. The number of hydrogen-bond acceptors (Lipinski definition) is 4. The fourth-order valence-corrected chi connectivity index (χ4v) is 3.12. The van der Waals surface area contributed by atoms with Gasteiger partial charge in [-0.05, 0) is 55.9 Å². The van der Waals surface area contributed by atoms with E-state index in [0.717, 1.165) is 37.2 Å². The Morgan fingerprint density at radius 1 is 1.36 bits per heavy atom. The average Bonchev–Trinajstić information content (AvgIpc) is 2.58. The Labute approximate surface area is 154 Å². The number of likely N-dealkylation sites (tertiary alicyclic amines) is 1. The van der Waals surface area contributed by atoms with Crippen LogP contribution in [0.15, 0.2) is 18.2 Å². The topological polar surface area (TPSA) is 55.8 Å². The Morgan fingerprint density at radius 3 is 2.88 bits per heavy atom. The van der Waals surface area contributed by atoms with Crippen LogP contribution in [0.25, 0.3) is 0 Å². The number of hydrogen-bond donors (Lipinski definition) is 0. The van der Waals surface area contributed by atoms with Gasteiger partial charge in [-0.2, -0.15) is 0 Å². The number of esters is 1. The molecule has 0 saturated carbocycles. The van der Waals surface area contributed by atoms with Crippen molar-refractivity contribution in [1.82, 2.24) is 4.90 Å². The molecule has 1 aliphatic heterocycles. The van der Waals surface area contributed by atoms with Gasteiger partial charge in [-0.15, -0.1) is 0 Å². The number of carbonyl (C=O) groups is 2. The second-order valence-corrected chi connectivity index (χ2v) is 7.05. The van der Waals surface area contributed by atoms with E-state index in [1.807, 2.05) is 19.1 Å². The van der Waals surface area contributed by atoms with Crippen LogP contribution in [0.3, 0.4) is 0 Å². The molecule has 0 aromatic heterocycles. The van der Waals surface area contributed by atoms with Gasteiger partial charge in [0.1, 0.15) is 5.75 Å². The van der Waals surface area contributed by atoms with E-state index in [9.17, 15) is 9.59 Å². The number of rotatable bonds is 7. The van der Waals surface area contributed by atoms with E-state index in [1.165, 1.54) is 0 Å². The highest BCUT2D eigenvalue weighted by Gasteiger charge is 2.21. The normalized spacial score (nSPS) is 17.2. The number of aryl methyl sites for hydroxylation is 1. The van der Waals surface area contributed by atoms with Crippen molar-refractivity contribution in [2.24, 2.45) is 5.92 Å². The fourth-order valence-electron chi connectivity index (χ4n) is 2.90. The molecule has 1 aliphatic rings. The molecule has 1 aromatic carbocycles. The summed E-state index contributed by atoms with van der Waals surface area (Å²) in [5, 5.41) is 0.668. The molecule has 0 radical (unpaired) electrons. The van der Waals surface area contributed by atoms with Crippen LogP contribution in [0.5, 0.6) is 5.75 Å². The van der Waals surface area contributed by atoms with Gasteiger partial charge in [0, 0.05) is 24.5 Å². The number of nitrogens with zero attached hydrogens (tertiary/aromatic N) is 1. The van der Waals surface area contributed by atoms with Gasteiger partial charge in [0.15, 0.2) is 6.61 Å². The van der Waals surface area contributed by atoms with Crippen LogP contribution >= 0.6 is 11.6 Å². The first-order valence-electron chi connectivity index (χ1n) is 8.78. The summed E-state index contributed by atoms with van der Waals surface area (Å²) in [5.74, 6) is 0.803. The molecule has 1 fully saturated rings. The summed E-state index contributed by atoms with van der Waals surface area (Å²) in [4.78, 5) is 25.6. The molecular weight excluding hydrogens is 342 g/mol. The van der Waals surface area contributed by atoms with E-state index in [4.69, 9.17) is 21.1 Å². The first-order valence-corrected chi connectivity index (χ1v) is 9.16. The highest BCUT2D eigenvalue weighted by atomic mass is 35.5. The molecule has 1 aromatic rings. The molecule has 2 rings (SSSR count). The van der Waals surface area contributed by atoms with E-state index in [2.05, 4.69) is 6.92 Å². The maximum atomic E-state index is 12.0. The average molecular weight is 368 g/mol. The Morgan fingerprint density at radius 2 is 2.16 bits per heavy atom. The molecule has 0 bridgehead atoms. The zero-order valence-electron chi connectivity index (χ0n) is 14.9. The van der Waals surface area contributed by atoms with Crippen LogP contribution in [-0.4, -0.2) is 43.1 Å². The minimum Gasteiger partial charge on any atom is -0.493 e. The Kier molecular flexibility index (Phi) is 7.56. The summed E-state index contributed by atoms with van der Waals surface area (Å²) in [6, 6.07) is 5.41. The SMILES string of the molecule is Cc1cc(Cl)ccc1OCCCC(=O)OCC(=O)N1CCCC(C)C1. The predicted molar refractivity (Wildman–Crippen MR) is 96.9 cm³/mol. The van der Waals surface area contributed by atoms with E-state index >= 15 is 0 Å². The summed E-state index contributed by atoms with van der Waals surface area (Å²) in [6.45, 7) is 5.81. The predicted octanol–water partition coefficient (Wildman–Crippen LogP) is 3.61. The lowest BCUT2D eigenvalue weighted by Crippen LogP contribution is -2.41. The number of piperidine rings is 1. The van der Waals surface area contributed by atoms with Gasteiger partial charge in [0.05, 0.1) is 6.61 Å². The third kappa shape index (κ3) is 6.58. The molecule has 1 amide bonds. The van der Waals surface area contributed by atoms with Gasteiger partial charge in [-0.1, -0.05) is 18.5 Å². The summed E-state index contributed by atoms with van der Waals surface area (Å²) in [7, 11) is 0. The zero-order valence-corrected chi connectivity index (χ0v) is 15.7. The van der Waals surface area contributed by atoms with E-state index < -0.39 is 0 Å². The smallest absolute Gasteiger partial charge is 0.306 e. The fraction of sp³-hybridized carbons (Fsp3) is 0.579. The monoisotopic (exact) mass is 367 g/mol. The number of carbonyl (C=O) groups excluding carboxylic acids is 2. The molecule has 1 heterocycles. The van der Waals surface area contributed by atoms with Crippen molar-refractivity contribution in [2.45, 2.75) is 39.5 Å². The molecule has 0 N–H and O–H groups in total. The quantitative estimate of drug-likeness (QED) is 0.545. The van der Waals surface area contributed by atoms with Crippen LogP contribution in [0, 0.1) is 12.8 Å². The lowest BCUT2D eigenvalue weighted by atomic mass is 10.0. The molecule has 0 spiro atoms. The first-order chi connectivity index (χ1) is 12.0. The maximum Gasteiger partial charge on any atom is 0.306 e. The van der Waals surface area contributed by atoms with Gasteiger partial charge in [-0.25, -0.2) is 0 Å². The number of amides is 1. The van der Waals surface area contributed by atoms with Crippen molar-refractivity contribution in [2.75, 3.05) is 26.3 Å². The first kappa shape index (κ1) is 19.6. The lowest BCUT2D eigenvalue weighted by Gasteiger charge is -2.30. The van der Waals surface area contributed by atoms with E-state index in [1.54, 1.807) is 11.0 Å². The van der Waals surface area contributed by atoms with Crippen molar-refractivity contribution in [1.29, 1.82) is 0 Å². The zero-order chi connectivity index (χ0) is 18.2. The van der Waals surface area contributed by atoms with Gasteiger partial charge < -0.3 is 14.4 Å². The second-order valence-electron chi connectivity index (χ2n) is 6.61. The van der Waals surface area contributed by atoms with Crippen LogP contribution in [0.1, 0.15) is 38.2 Å². The van der Waals surface area contributed by atoms with Crippen LogP contribution in [0.2, 0.25) is 5.02 Å². The summed E-state index contributed by atoms with van der Waals surface area (Å²) >= 11 is 5.90. The largest absolute Gasteiger partial charge is 0.493 e. The Balaban J connectivity index is 1.61. The molecule has 25 heavy (non-hydrogen) atoms. The summed E-state index contributed by atoms with van der Waals surface area (Å²) in [6.07, 6.45) is 2.94. The summed E-state index contributed by atoms with van der Waals surface area (Å²) < 4.78 is 10.7. The van der Waals surface area contributed by atoms with Gasteiger partial charge in [0.2, 0.25) is 0 Å². The molecule has 1 unspecified atom stereocenters. The molecule has 138 valence electrons. The van der Waals surface area contributed by atoms with Gasteiger partial charge >= 0.3 is 5.97 Å². The molecule has 0 aliphatic carbocycles. The maximum absolute atomic E-state index is 12.0. The van der Waals surface area contributed by atoms with Crippen molar-refractivity contribution in [3.05, 3.63) is 28.8 Å². The van der Waals surface area contributed by atoms with Crippen molar-refractivity contribution in [3.63, 3.8) is 0 Å². The van der Waals surface area contributed by atoms with Crippen molar-refractivity contribution >= 4 is 23.5 Å². The highest BCUT2D eigenvalue weighted by Crippen LogP contribution is 2.22. The highest BCUT2D eigenvalue weighted by molar-refractivity contribution is 6.30. The molecule has 1 saturated heterocycles. The lowest BCUT2D eigenvalue weighted by molar-refractivity contribution is -0.152. The third-order valence-electron chi connectivity index (χ3n) is 4.29. The molecule has 6 heteroatoms. The van der Waals surface area contributed by atoms with Gasteiger partial charge in [-0.3, -0.25) is 9.59 Å². The minimum absolute atomic E-state index is 0.104. The standard InChI is InChI=1S/C19H26ClNO4/c1-14-5-3-9-21(12-14)18(22)13-25-19(23)6-4-10-24-17-8-7-16(20)11-15(17)2/h7-8,11,14H,3-6,9-10,12-13H2,1-2H3. The van der Waals surface area contributed by atoms with E-state index in [-0.39, 0.29) is 24.9 Å². The molecular formula is C19H26ClNO4. The van der Waals surface area contributed by atoms with E-state index in [0.29, 0.717) is 24.0 Å². The summed E-state index contributed by atoms with van der Waals surface area (Å²) in [5.41, 5.74) is 0.955. The van der Waals surface area contributed by atoms with Crippen molar-refractivity contribution in [3.8, 4) is 5.75 Å².